The Morgan fingerprint density at radius 1 is 1.50 bits per heavy atom. The molecule has 0 aromatic heterocycles. The topological polar surface area (TPSA) is 21.3 Å². The molecule has 2 nitrogen and oxygen atoms in total. The van der Waals surface area contributed by atoms with Gasteiger partial charge in [0.15, 0.2) is 0 Å². The summed E-state index contributed by atoms with van der Waals surface area (Å²) in [5.74, 6) is 0. The van der Waals surface area contributed by atoms with Crippen LogP contribution in [-0.4, -0.2) is 30.7 Å². The summed E-state index contributed by atoms with van der Waals surface area (Å²) in [6, 6.07) is 0.518. The maximum atomic E-state index is 5.91. The van der Waals surface area contributed by atoms with Crippen LogP contribution in [0.1, 0.15) is 39.5 Å². The van der Waals surface area contributed by atoms with Crippen molar-refractivity contribution in [3.8, 4) is 0 Å². The zero-order valence-corrected chi connectivity index (χ0v) is 10.0. The SMILES string of the molecule is CC(Cl)CC(C)NCCC1CCCO1. The number of rotatable bonds is 6. The highest BCUT2D eigenvalue weighted by molar-refractivity contribution is 6.20. The van der Waals surface area contributed by atoms with Gasteiger partial charge in [0.05, 0.1) is 6.10 Å². The van der Waals surface area contributed by atoms with Crippen molar-refractivity contribution >= 4 is 11.6 Å². The molecule has 3 heteroatoms. The monoisotopic (exact) mass is 219 g/mol. The van der Waals surface area contributed by atoms with Crippen molar-refractivity contribution in [2.45, 2.75) is 57.1 Å². The Labute approximate surface area is 92.3 Å². The van der Waals surface area contributed by atoms with E-state index in [2.05, 4.69) is 12.2 Å². The van der Waals surface area contributed by atoms with Gasteiger partial charge in [-0.1, -0.05) is 0 Å². The first kappa shape index (κ1) is 12.3. The highest BCUT2D eigenvalue weighted by Gasteiger charge is 2.15. The molecule has 1 saturated heterocycles. The highest BCUT2D eigenvalue weighted by atomic mass is 35.5. The maximum absolute atomic E-state index is 5.91. The van der Waals surface area contributed by atoms with Gasteiger partial charge < -0.3 is 10.1 Å². The van der Waals surface area contributed by atoms with Gasteiger partial charge in [0, 0.05) is 18.0 Å². The van der Waals surface area contributed by atoms with E-state index in [1.165, 1.54) is 12.8 Å². The molecule has 1 N–H and O–H groups in total. The summed E-state index contributed by atoms with van der Waals surface area (Å²) < 4.78 is 5.55. The van der Waals surface area contributed by atoms with E-state index >= 15 is 0 Å². The van der Waals surface area contributed by atoms with Gasteiger partial charge in [-0.3, -0.25) is 0 Å². The lowest BCUT2D eigenvalue weighted by Crippen LogP contribution is -2.30. The second-order valence-electron chi connectivity index (χ2n) is 4.30. The fourth-order valence-corrected chi connectivity index (χ4v) is 2.20. The molecular formula is C11H22ClNO. The van der Waals surface area contributed by atoms with Crippen LogP contribution in [0.2, 0.25) is 0 Å². The van der Waals surface area contributed by atoms with Gasteiger partial charge in [0.2, 0.25) is 0 Å². The van der Waals surface area contributed by atoms with Crippen molar-refractivity contribution in [1.82, 2.24) is 5.32 Å². The van der Waals surface area contributed by atoms with Crippen LogP contribution in [0.3, 0.4) is 0 Å². The van der Waals surface area contributed by atoms with Crippen LogP contribution in [-0.2, 0) is 4.74 Å². The van der Waals surface area contributed by atoms with Crippen LogP contribution in [0.5, 0.6) is 0 Å². The van der Waals surface area contributed by atoms with E-state index in [-0.39, 0.29) is 5.38 Å². The first-order valence-corrected chi connectivity index (χ1v) is 6.11. The molecule has 0 aromatic carbocycles. The van der Waals surface area contributed by atoms with Crippen molar-refractivity contribution < 1.29 is 4.74 Å². The van der Waals surface area contributed by atoms with Gasteiger partial charge in [-0.05, 0) is 46.1 Å². The molecule has 1 aliphatic heterocycles. The van der Waals surface area contributed by atoms with Crippen LogP contribution >= 0.6 is 11.6 Å². The van der Waals surface area contributed by atoms with Crippen molar-refractivity contribution in [2.24, 2.45) is 0 Å². The predicted octanol–water partition coefficient (Wildman–Crippen LogP) is 2.55. The summed E-state index contributed by atoms with van der Waals surface area (Å²) >= 11 is 5.91. The minimum Gasteiger partial charge on any atom is -0.378 e. The van der Waals surface area contributed by atoms with Crippen molar-refractivity contribution in [1.29, 1.82) is 0 Å². The van der Waals surface area contributed by atoms with Crippen molar-refractivity contribution in [2.75, 3.05) is 13.2 Å². The van der Waals surface area contributed by atoms with Crippen molar-refractivity contribution in [3.63, 3.8) is 0 Å². The Hall–Kier alpha value is 0.210. The quantitative estimate of drug-likeness (QED) is 0.694. The van der Waals surface area contributed by atoms with Crippen LogP contribution in [0, 0.1) is 0 Å². The second-order valence-corrected chi connectivity index (χ2v) is 5.04. The minimum absolute atomic E-state index is 0.264. The summed E-state index contributed by atoms with van der Waals surface area (Å²) in [6.07, 6.45) is 5.15. The summed E-state index contributed by atoms with van der Waals surface area (Å²) in [7, 11) is 0. The second kappa shape index (κ2) is 6.65. The lowest BCUT2D eigenvalue weighted by Gasteiger charge is -2.16. The van der Waals surface area contributed by atoms with E-state index in [4.69, 9.17) is 16.3 Å². The molecule has 84 valence electrons. The molecule has 0 aromatic rings. The lowest BCUT2D eigenvalue weighted by molar-refractivity contribution is 0.103. The molecule has 1 heterocycles. The molecule has 0 spiro atoms. The molecule has 14 heavy (non-hydrogen) atoms. The predicted molar refractivity (Wildman–Crippen MR) is 61.0 cm³/mol. The first-order valence-electron chi connectivity index (χ1n) is 5.67. The van der Waals surface area contributed by atoms with E-state index in [1.807, 2.05) is 6.92 Å². The molecule has 3 unspecified atom stereocenters. The van der Waals surface area contributed by atoms with Crippen LogP contribution in [0.25, 0.3) is 0 Å². The average Bonchev–Trinajstić information content (AvgIpc) is 2.55. The van der Waals surface area contributed by atoms with Crippen molar-refractivity contribution in [3.05, 3.63) is 0 Å². The largest absolute Gasteiger partial charge is 0.378 e. The Balaban J connectivity index is 1.96. The van der Waals surface area contributed by atoms with Gasteiger partial charge >= 0.3 is 0 Å². The fraction of sp³-hybridized carbons (Fsp3) is 1.00. The molecule has 0 bridgehead atoms. The minimum atomic E-state index is 0.264. The highest BCUT2D eigenvalue weighted by Crippen LogP contribution is 2.14. The van der Waals surface area contributed by atoms with Gasteiger partial charge in [-0.25, -0.2) is 0 Å². The molecule has 0 radical (unpaired) electrons. The number of alkyl halides is 1. The number of ether oxygens (including phenoxy) is 1. The van der Waals surface area contributed by atoms with Gasteiger partial charge in [0.1, 0.15) is 0 Å². The summed E-state index contributed by atoms with van der Waals surface area (Å²) in [4.78, 5) is 0. The van der Waals surface area contributed by atoms with Crippen LogP contribution in [0.15, 0.2) is 0 Å². The maximum Gasteiger partial charge on any atom is 0.0588 e. The third-order valence-electron chi connectivity index (χ3n) is 2.66. The number of halogens is 1. The molecular weight excluding hydrogens is 198 g/mol. The summed E-state index contributed by atoms with van der Waals surface area (Å²) in [5.41, 5.74) is 0. The molecule has 1 aliphatic rings. The summed E-state index contributed by atoms with van der Waals surface area (Å²) in [6.45, 7) is 6.24. The van der Waals surface area contributed by atoms with Gasteiger partial charge in [0.25, 0.3) is 0 Å². The number of hydrogen-bond acceptors (Lipinski definition) is 2. The molecule has 0 aliphatic carbocycles. The molecule has 0 amide bonds. The number of hydrogen-bond donors (Lipinski definition) is 1. The van der Waals surface area contributed by atoms with Crippen LogP contribution < -0.4 is 5.32 Å². The van der Waals surface area contributed by atoms with E-state index in [9.17, 15) is 0 Å². The third-order valence-corrected chi connectivity index (χ3v) is 2.84. The Morgan fingerprint density at radius 3 is 2.86 bits per heavy atom. The molecule has 1 rings (SSSR count). The number of nitrogens with one attached hydrogen (secondary N) is 1. The third kappa shape index (κ3) is 5.18. The smallest absolute Gasteiger partial charge is 0.0588 e. The zero-order chi connectivity index (χ0) is 10.4. The van der Waals surface area contributed by atoms with Gasteiger partial charge in [-0.15, -0.1) is 11.6 Å². The Bertz CT molecular complexity index is 146. The standard InChI is InChI=1S/C11H22ClNO/c1-9(12)8-10(2)13-6-5-11-4-3-7-14-11/h9-11,13H,3-8H2,1-2H3. The molecule has 1 fully saturated rings. The van der Waals surface area contributed by atoms with E-state index in [0.717, 1.165) is 26.0 Å². The van der Waals surface area contributed by atoms with E-state index in [0.29, 0.717) is 12.1 Å². The first-order chi connectivity index (χ1) is 6.68. The lowest BCUT2D eigenvalue weighted by atomic mass is 10.1. The average molecular weight is 220 g/mol. The fourth-order valence-electron chi connectivity index (χ4n) is 1.93. The normalized spacial score (nSPS) is 26.4. The zero-order valence-electron chi connectivity index (χ0n) is 9.26. The van der Waals surface area contributed by atoms with Gasteiger partial charge in [-0.2, -0.15) is 0 Å². The Morgan fingerprint density at radius 2 is 2.29 bits per heavy atom. The summed E-state index contributed by atoms with van der Waals surface area (Å²) in [5, 5.41) is 3.74. The molecule has 0 saturated carbocycles. The Kier molecular flexibility index (Phi) is 5.83. The van der Waals surface area contributed by atoms with E-state index < -0.39 is 0 Å². The molecule has 3 atom stereocenters. The van der Waals surface area contributed by atoms with E-state index in [1.54, 1.807) is 0 Å². The van der Waals surface area contributed by atoms with Crippen LogP contribution in [0.4, 0.5) is 0 Å².